The lowest BCUT2D eigenvalue weighted by Crippen LogP contribution is -2.43. The minimum absolute atomic E-state index is 0.0164. The van der Waals surface area contributed by atoms with Crippen molar-refractivity contribution in [2.45, 2.75) is 12.5 Å². The van der Waals surface area contributed by atoms with E-state index in [0.29, 0.717) is 19.5 Å². The fourth-order valence-corrected chi connectivity index (χ4v) is 2.91. The molecule has 28 heavy (non-hydrogen) atoms. The van der Waals surface area contributed by atoms with Gasteiger partial charge in [0.2, 0.25) is 0 Å². The molecule has 6 nitrogen and oxygen atoms in total. The number of rotatable bonds is 8. The lowest BCUT2D eigenvalue weighted by Gasteiger charge is -2.25. The minimum atomic E-state index is -0.607. The SMILES string of the molecule is CN(C)c1ccc([C@H](CNC(=O)C(=O)NCCc2ccccc2)N(C)C)cc1. The Kier molecular flexibility index (Phi) is 8.02. The zero-order valence-electron chi connectivity index (χ0n) is 17.1. The summed E-state index contributed by atoms with van der Waals surface area (Å²) in [6.45, 7) is 0.790. The average Bonchev–Trinajstić information content (AvgIpc) is 2.68. The molecule has 0 unspecified atom stereocenters. The Morgan fingerprint density at radius 2 is 1.46 bits per heavy atom. The number of nitrogens with one attached hydrogen (secondary N) is 2. The number of anilines is 1. The molecular formula is C22H30N4O2. The van der Waals surface area contributed by atoms with Crippen molar-refractivity contribution in [3.63, 3.8) is 0 Å². The van der Waals surface area contributed by atoms with Gasteiger partial charge in [-0.15, -0.1) is 0 Å². The Hall–Kier alpha value is -2.86. The van der Waals surface area contributed by atoms with Gasteiger partial charge in [0.1, 0.15) is 0 Å². The number of likely N-dealkylation sites (N-methyl/N-ethyl adjacent to an activating group) is 1. The van der Waals surface area contributed by atoms with Gasteiger partial charge in [-0.05, 0) is 43.8 Å². The smallest absolute Gasteiger partial charge is 0.309 e. The van der Waals surface area contributed by atoms with Crippen LogP contribution in [0, 0.1) is 0 Å². The molecule has 0 aromatic heterocycles. The van der Waals surface area contributed by atoms with E-state index in [9.17, 15) is 9.59 Å². The molecule has 0 radical (unpaired) electrons. The van der Waals surface area contributed by atoms with Crippen molar-refractivity contribution < 1.29 is 9.59 Å². The lowest BCUT2D eigenvalue weighted by atomic mass is 10.1. The predicted molar refractivity (Wildman–Crippen MR) is 113 cm³/mol. The summed E-state index contributed by atoms with van der Waals surface area (Å²) < 4.78 is 0. The van der Waals surface area contributed by atoms with Gasteiger partial charge in [0, 0.05) is 32.9 Å². The maximum absolute atomic E-state index is 12.1. The molecule has 6 heteroatoms. The zero-order chi connectivity index (χ0) is 20.5. The molecule has 0 spiro atoms. The molecule has 0 heterocycles. The number of nitrogens with zero attached hydrogens (tertiary/aromatic N) is 2. The van der Waals surface area contributed by atoms with Crippen molar-refractivity contribution in [1.29, 1.82) is 0 Å². The molecule has 0 aliphatic rings. The molecule has 150 valence electrons. The van der Waals surface area contributed by atoms with Crippen LogP contribution in [0.3, 0.4) is 0 Å². The van der Waals surface area contributed by atoms with Crippen molar-refractivity contribution in [3.8, 4) is 0 Å². The van der Waals surface area contributed by atoms with E-state index in [1.54, 1.807) is 0 Å². The molecule has 0 saturated carbocycles. The Morgan fingerprint density at radius 1 is 0.857 bits per heavy atom. The second-order valence-electron chi connectivity index (χ2n) is 7.17. The summed E-state index contributed by atoms with van der Waals surface area (Å²) in [6, 6.07) is 18.0. The van der Waals surface area contributed by atoms with Crippen molar-refractivity contribution in [1.82, 2.24) is 15.5 Å². The summed E-state index contributed by atoms with van der Waals surface area (Å²) in [4.78, 5) is 28.2. The Bertz CT molecular complexity index is 758. The summed E-state index contributed by atoms with van der Waals surface area (Å²) in [7, 11) is 7.90. The number of hydrogen-bond acceptors (Lipinski definition) is 4. The number of hydrogen-bond donors (Lipinski definition) is 2. The summed E-state index contributed by atoms with van der Waals surface area (Å²) in [5, 5.41) is 5.42. The monoisotopic (exact) mass is 382 g/mol. The van der Waals surface area contributed by atoms with E-state index in [-0.39, 0.29) is 6.04 Å². The van der Waals surface area contributed by atoms with E-state index >= 15 is 0 Å². The molecule has 0 fully saturated rings. The fraction of sp³-hybridized carbons (Fsp3) is 0.364. The first-order valence-electron chi connectivity index (χ1n) is 9.42. The quantitative estimate of drug-likeness (QED) is 0.684. The number of carbonyl (C=O) groups is 2. The van der Waals surface area contributed by atoms with Crippen LogP contribution >= 0.6 is 0 Å². The normalized spacial score (nSPS) is 11.8. The van der Waals surface area contributed by atoms with E-state index in [1.165, 1.54) is 0 Å². The molecule has 2 amide bonds. The minimum Gasteiger partial charge on any atom is -0.378 e. The average molecular weight is 383 g/mol. The molecule has 2 N–H and O–H groups in total. The lowest BCUT2D eigenvalue weighted by molar-refractivity contribution is -0.139. The molecule has 0 aliphatic heterocycles. The van der Waals surface area contributed by atoms with Crippen LogP contribution < -0.4 is 15.5 Å². The van der Waals surface area contributed by atoms with Gasteiger partial charge in [0.15, 0.2) is 0 Å². The van der Waals surface area contributed by atoms with Crippen molar-refractivity contribution >= 4 is 17.5 Å². The highest BCUT2D eigenvalue weighted by molar-refractivity contribution is 6.35. The van der Waals surface area contributed by atoms with Crippen LogP contribution in [0.2, 0.25) is 0 Å². The van der Waals surface area contributed by atoms with E-state index < -0.39 is 11.8 Å². The third-order valence-corrected chi connectivity index (χ3v) is 4.62. The van der Waals surface area contributed by atoms with E-state index in [1.807, 2.05) is 92.6 Å². The van der Waals surface area contributed by atoms with Gasteiger partial charge in [-0.2, -0.15) is 0 Å². The Morgan fingerprint density at radius 3 is 2.04 bits per heavy atom. The first kappa shape index (κ1) is 21.4. The van der Waals surface area contributed by atoms with Crippen LogP contribution in [0.1, 0.15) is 17.2 Å². The topological polar surface area (TPSA) is 64.7 Å². The second-order valence-corrected chi connectivity index (χ2v) is 7.17. The van der Waals surface area contributed by atoms with Crippen molar-refractivity contribution in [2.75, 3.05) is 46.2 Å². The third kappa shape index (κ3) is 6.39. The molecule has 2 aromatic rings. The molecule has 2 rings (SSSR count). The molecule has 1 atom stereocenters. The molecular weight excluding hydrogens is 352 g/mol. The summed E-state index contributed by atoms with van der Waals surface area (Å²) in [5.41, 5.74) is 3.32. The van der Waals surface area contributed by atoms with Crippen LogP contribution in [0.25, 0.3) is 0 Å². The van der Waals surface area contributed by atoms with Crippen LogP contribution in [0.4, 0.5) is 5.69 Å². The van der Waals surface area contributed by atoms with Gasteiger partial charge >= 0.3 is 11.8 Å². The van der Waals surface area contributed by atoms with Crippen LogP contribution in [0.5, 0.6) is 0 Å². The third-order valence-electron chi connectivity index (χ3n) is 4.62. The molecule has 0 saturated heterocycles. The standard InChI is InChI=1S/C22H30N4O2/c1-25(2)19-12-10-18(11-13-19)20(26(3)4)16-24-22(28)21(27)23-15-14-17-8-6-5-7-9-17/h5-13,20H,14-16H2,1-4H3,(H,23,27)(H,24,28)/t20-/m0/s1. The van der Waals surface area contributed by atoms with Gasteiger partial charge in [0.25, 0.3) is 0 Å². The van der Waals surface area contributed by atoms with E-state index in [0.717, 1.165) is 16.8 Å². The van der Waals surface area contributed by atoms with Crippen LogP contribution in [-0.2, 0) is 16.0 Å². The summed E-state index contributed by atoms with van der Waals surface area (Å²) in [5.74, 6) is -1.21. The highest BCUT2D eigenvalue weighted by Crippen LogP contribution is 2.20. The maximum atomic E-state index is 12.1. The largest absolute Gasteiger partial charge is 0.378 e. The second kappa shape index (κ2) is 10.5. The first-order chi connectivity index (χ1) is 13.4. The Labute approximate surface area is 167 Å². The highest BCUT2D eigenvalue weighted by Gasteiger charge is 2.18. The van der Waals surface area contributed by atoms with Crippen LogP contribution in [-0.4, -0.2) is 58.0 Å². The number of benzene rings is 2. The van der Waals surface area contributed by atoms with Gasteiger partial charge in [-0.3, -0.25) is 9.59 Å². The van der Waals surface area contributed by atoms with Crippen molar-refractivity contribution in [3.05, 3.63) is 65.7 Å². The molecule has 2 aromatic carbocycles. The van der Waals surface area contributed by atoms with Gasteiger partial charge in [0.05, 0.1) is 6.04 Å². The van der Waals surface area contributed by atoms with Crippen LogP contribution in [0.15, 0.2) is 54.6 Å². The highest BCUT2D eigenvalue weighted by atomic mass is 16.2. The van der Waals surface area contributed by atoms with E-state index in [4.69, 9.17) is 0 Å². The molecule has 0 bridgehead atoms. The number of carbonyl (C=O) groups excluding carboxylic acids is 2. The first-order valence-corrected chi connectivity index (χ1v) is 9.42. The number of amides is 2. The van der Waals surface area contributed by atoms with Gasteiger partial charge < -0.3 is 20.4 Å². The fourth-order valence-electron chi connectivity index (χ4n) is 2.91. The van der Waals surface area contributed by atoms with Crippen molar-refractivity contribution in [2.24, 2.45) is 0 Å². The zero-order valence-corrected chi connectivity index (χ0v) is 17.1. The molecule has 0 aliphatic carbocycles. The predicted octanol–water partition coefficient (Wildman–Crippen LogP) is 1.83. The summed E-state index contributed by atoms with van der Waals surface area (Å²) in [6.07, 6.45) is 0.693. The Balaban J connectivity index is 1.84. The van der Waals surface area contributed by atoms with Gasteiger partial charge in [-0.25, -0.2) is 0 Å². The van der Waals surface area contributed by atoms with E-state index in [2.05, 4.69) is 10.6 Å². The van der Waals surface area contributed by atoms with Gasteiger partial charge in [-0.1, -0.05) is 42.5 Å². The summed E-state index contributed by atoms with van der Waals surface area (Å²) >= 11 is 0. The maximum Gasteiger partial charge on any atom is 0.309 e.